The smallest absolute Gasteiger partial charge is 0.315 e. The Labute approximate surface area is 141 Å². The molecule has 0 unspecified atom stereocenters. The molecule has 0 fully saturated rings. The lowest BCUT2D eigenvalue weighted by atomic mass is 10.2. The third kappa shape index (κ3) is 4.79. The van der Waals surface area contributed by atoms with Crippen LogP contribution in [0, 0.1) is 20.8 Å². The predicted octanol–water partition coefficient (Wildman–Crippen LogP) is 3.10. The maximum absolute atomic E-state index is 12.2. The first-order valence-electron chi connectivity index (χ1n) is 7.89. The van der Waals surface area contributed by atoms with E-state index >= 15 is 0 Å². The molecule has 0 aliphatic rings. The molecule has 0 aliphatic carbocycles. The fourth-order valence-electron chi connectivity index (χ4n) is 2.46. The van der Waals surface area contributed by atoms with Gasteiger partial charge in [-0.15, -0.1) is 11.3 Å². The second kappa shape index (κ2) is 7.59. The molecule has 23 heavy (non-hydrogen) atoms. The molecule has 2 heterocycles. The summed E-state index contributed by atoms with van der Waals surface area (Å²) in [5.41, 5.74) is 3.08. The number of aromatic nitrogens is 3. The highest BCUT2D eigenvalue weighted by atomic mass is 32.1. The number of hydrogen-bond donors (Lipinski definition) is 2. The molecule has 6 nitrogen and oxygen atoms in total. The summed E-state index contributed by atoms with van der Waals surface area (Å²) in [6.45, 7) is 10.6. The second-order valence-corrected chi connectivity index (χ2v) is 6.81. The number of aryl methyl sites for hydroxylation is 3. The summed E-state index contributed by atoms with van der Waals surface area (Å²) in [7, 11) is 0. The molecule has 0 aromatic carbocycles. The largest absolute Gasteiger partial charge is 0.334 e. The van der Waals surface area contributed by atoms with Crippen LogP contribution in [0.2, 0.25) is 0 Å². The van der Waals surface area contributed by atoms with Gasteiger partial charge in [-0.25, -0.2) is 9.78 Å². The maximum Gasteiger partial charge on any atom is 0.315 e. The van der Waals surface area contributed by atoms with Crippen LogP contribution >= 0.6 is 11.3 Å². The average molecular weight is 335 g/mol. The van der Waals surface area contributed by atoms with Gasteiger partial charge in [0.15, 0.2) is 0 Å². The molecule has 2 rings (SSSR count). The van der Waals surface area contributed by atoms with E-state index in [1.165, 1.54) is 0 Å². The zero-order valence-electron chi connectivity index (χ0n) is 14.4. The molecule has 2 aromatic rings. The van der Waals surface area contributed by atoms with Crippen LogP contribution in [0.3, 0.4) is 0 Å². The zero-order valence-corrected chi connectivity index (χ0v) is 15.2. The van der Waals surface area contributed by atoms with Crippen molar-refractivity contribution in [3.05, 3.63) is 33.5 Å². The van der Waals surface area contributed by atoms with E-state index in [9.17, 15) is 4.79 Å². The molecule has 0 saturated carbocycles. The van der Waals surface area contributed by atoms with Crippen molar-refractivity contribution in [2.75, 3.05) is 0 Å². The van der Waals surface area contributed by atoms with E-state index in [2.05, 4.69) is 20.7 Å². The minimum atomic E-state index is -0.168. The van der Waals surface area contributed by atoms with Crippen LogP contribution in [0.15, 0.2) is 11.4 Å². The molecule has 0 radical (unpaired) electrons. The summed E-state index contributed by atoms with van der Waals surface area (Å²) in [5, 5.41) is 13.3. The van der Waals surface area contributed by atoms with Gasteiger partial charge in [0, 0.05) is 22.8 Å². The van der Waals surface area contributed by atoms with Gasteiger partial charge in [0.05, 0.1) is 18.3 Å². The number of nitrogens with zero attached hydrogens (tertiary/aromatic N) is 3. The van der Waals surface area contributed by atoms with Crippen LogP contribution in [0.1, 0.15) is 48.4 Å². The molecule has 2 atom stereocenters. The normalized spacial score (nSPS) is 13.6. The maximum atomic E-state index is 12.2. The molecule has 0 bridgehead atoms. The van der Waals surface area contributed by atoms with Gasteiger partial charge in [0.25, 0.3) is 0 Å². The van der Waals surface area contributed by atoms with Crippen LogP contribution in [0.25, 0.3) is 0 Å². The second-order valence-electron chi connectivity index (χ2n) is 5.92. The molecule has 7 heteroatoms. The van der Waals surface area contributed by atoms with Gasteiger partial charge in [-0.2, -0.15) is 5.10 Å². The van der Waals surface area contributed by atoms with Crippen molar-refractivity contribution in [1.29, 1.82) is 0 Å². The fraction of sp³-hybridized carbons (Fsp3) is 0.562. The number of hydrogen-bond acceptors (Lipinski definition) is 4. The minimum Gasteiger partial charge on any atom is -0.334 e. The third-order valence-corrected chi connectivity index (χ3v) is 4.65. The molecule has 2 amide bonds. The summed E-state index contributed by atoms with van der Waals surface area (Å²) in [6, 6.07) is 1.81. The Morgan fingerprint density at radius 2 is 2.04 bits per heavy atom. The number of carbonyl (C=O) groups is 1. The predicted molar refractivity (Wildman–Crippen MR) is 92.7 cm³/mol. The standard InChI is InChI=1S/C16H25N5OS/c1-6-14(15-17-12(4)9-23-15)19-16(22)18-11(3)8-21-13(5)7-10(2)20-21/h7,9,11,14H,6,8H2,1-5H3,(H2,18,19,22)/t11-,14-/m0/s1. The first-order chi connectivity index (χ1) is 10.9. The highest BCUT2D eigenvalue weighted by Gasteiger charge is 2.17. The highest BCUT2D eigenvalue weighted by molar-refractivity contribution is 7.09. The van der Waals surface area contributed by atoms with Crippen LogP contribution in [-0.2, 0) is 6.54 Å². The van der Waals surface area contributed by atoms with E-state index in [1.54, 1.807) is 11.3 Å². The fourth-order valence-corrected chi connectivity index (χ4v) is 3.39. The zero-order chi connectivity index (χ0) is 17.0. The van der Waals surface area contributed by atoms with Crippen molar-refractivity contribution in [3.8, 4) is 0 Å². The third-order valence-electron chi connectivity index (χ3n) is 3.58. The molecule has 126 valence electrons. The summed E-state index contributed by atoms with van der Waals surface area (Å²) in [5.74, 6) is 0. The molecule has 0 aliphatic heterocycles. The Morgan fingerprint density at radius 1 is 1.30 bits per heavy atom. The number of amides is 2. The van der Waals surface area contributed by atoms with Crippen molar-refractivity contribution >= 4 is 17.4 Å². The number of rotatable bonds is 6. The van der Waals surface area contributed by atoms with E-state index < -0.39 is 0 Å². The van der Waals surface area contributed by atoms with E-state index in [0.717, 1.165) is 28.5 Å². The molecular weight excluding hydrogens is 310 g/mol. The topological polar surface area (TPSA) is 71.8 Å². The minimum absolute atomic E-state index is 0.0106. The van der Waals surface area contributed by atoms with Gasteiger partial charge < -0.3 is 10.6 Å². The Hall–Kier alpha value is -1.89. The summed E-state index contributed by atoms with van der Waals surface area (Å²) < 4.78 is 1.92. The summed E-state index contributed by atoms with van der Waals surface area (Å²) in [4.78, 5) is 16.7. The van der Waals surface area contributed by atoms with Gasteiger partial charge in [0.1, 0.15) is 5.01 Å². The van der Waals surface area contributed by atoms with Crippen LogP contribution in [-0.4, -0.2) is 26.8 Å². The van der Waals surface area contributed by atoms with Gasteiger partial charge in [0.2, 0.25) is 0 Å². The molecule has 2 aromatic heterocycles. The monoisotopic (exact) mass is 335 g/mol. The van der Waals surface area contributed by atoms with Gasteiger partial charge in [-0.05, 0) is 40.2 Å². The molecule has 0 saturated heterocycles. The Balaban J connectivity index is 1.89. The SMILES string of the molecule is CC[C@H](NC(=O)N[C@@H](C)Cn1nc(C)cc1C)c1nc(C)cs1. The first kappa shape index (κ1) is 17.5. The van der Waals surface area contributed by atoms with Crippen LogP contribution in [0.5, 0.6) is 0 Å². The van der Waals surface area contributed by atoms with Crippen LogP contribution in [0.4, 0.5) is 4.79 Å². The number of carbonyl (C=O) groups excluding carboxylic acids is 1. The molecule has 0 spiro atoms. The lowest BCUT2D eigenvalue weighted by Gasteiger charge is -2.19. The number of urea groups is 1. The van der Waals surface area contributed by atoms with Crippen molar-refractivity contribution < 1.29 is 4.79 Å². The summed E-state index contributed by atoms with van der Waals surface area (Å²) >= 11 is 1.58. The van der Waals surface area contributed by atoms with Gasteiger partial charge in [-0.1, -0.05) is 6.92 Å². The Bertz CT molecular complexity index is 663. The molecule has 2 N–H and O–H groups in total. The lowest BCUT2D eigenvalue weighted by molar-refractivity contribution is 0.231. The Morgan fingerprint density at radius 3 is 2.57 bits per heavy atom. The van der Waals surface area contributed by atoms with Crippen molar-refractivity contribution in [1.82, 2.24) is 25.4 Å². The van der Waals surface area contributed by atoms with Crippen molar-refractivity contribution in [2.45, 2.75) is 59.7 Å². The number of thiazole rings is 1. The quantitative estimate of drug-likeness (QED) is 0.852. The van der Waals surface area contributed by atoms with E-state index in [-0.39, 0.29) is 18.1 Å². The van der Waals surface area contributed by atoms with Crippen molar-refractivity contribution in [3.63, 3.8) is 0 Å². The van der Waals surface area contributed by atoms with Crippen LogP contribution < -0.4 is 10.6 Å². The van der Waals surface area contributed by atoms with E-state index in [0.29, 0.717) is 6.54 Å². The number of nitrogens with one attached hydrogen (secondary N) is 2. The van der Waals surface area contributed by atoms with Crippen molar-refractivity contribution in [2.24, 2.45) is 0 Å². The lowest BCUT2D eigenvalue weighted by Crippen LogP contribution is -2.44. The van der Waals surface area contributed by atoms with Gasteiger partial charge >= 0.3 is 6.03 Å². The molecular formula is C16H25N5OS. The summed E-state index contributed by atoms with van der Waals surface area (Å²) in [6.07, 6.45) is 0.812. The highest BCUT2D eigenvalue weighted by Crippen LogP contribution is 2.20. The first-order valence-corrected chi connectivity index (χ1v) is 8.77. The van der Waals surface area contributed by atoms with E-state index in [1.807, 2.05) is 50.7 Å². The van der Waals surface area contributed by atoms with E-state index in [4.69, 9.17) is 0 Å². The van der Waals surface area contributed by atoms with Gasteiger partial charge in [-0.3, -0.25) is 4.68 Å². The Kier molecular flexibility index (Phi) is 5.76. The average Bonchev–Trinajstić information content (AvgIpc) is 3.02.